The summed E-state index contributed by atoms with van der Waals surface area (Å²) in [6.07, 6.45) is 0. The lowest BCUT2D eigenvalue weighted by atomic mass is 9.97. The highest BCUT2D eigenvalue weighted by Gasteiger charge is 2.36. The molecule has 0 aromatic heterocycles. The molecule has 0 saturated heterocycles. The van der Waals surface area contributed by atoms with E-state index in [1.807, 2.05) is 6.07 Å². The van der Waals surface area contributed by atoms with Crippen LogP contribution in [0.3, 0.4) is 0 Å². The Morgan fingerprint density at radius 1 is 0.526 bits per heavy atom. The summed E-state index contributed by atoms with van der Waals surface area (Å²) in [5.74, 6) is -3.86. The molecule has 1 unspecified atom stereocenters. The molecule has 0 amide bonds. The molecule has 1 atom stereocenters. The summed E-state index contributed by atoms with van der Waals surface area (Å²) in [4.78, 5) is 84.3. The molecule has 15 nitrogen and oxygen atoms in total. The Morgan fingerprint density at radius 3 is 1.32 bits per heavy atom. The Kier molecular flexibility index (Phi) is 19.3. The molecular weight excluding hydrogens is 738 g/mol. The molecule has 0 spiro atoms. The van der Waals surface area contributed by atoms with Crippen molar-refractivity contribution < 1.29 is 57.2 Å². The molecule has 0 radical (unpaired) electrons. The Hall–Kier alpha value is -4.08. The summed E-state index contributed by atoms with van der Waals surface area (Å²) in [5.41, 5.74) is -3.51. The number of nitrogens with zero attached hydrogens (tertiary/aromatic N) is 3. The van der Waals surface area contributed by atoms with E-state index in [4.69, 9.17) is 28.4 Å². The van der Waals surface area contributed by atoms with Crippen LogP contribution in [0.1, 0.15) is 109 Å². The predicted molar refractivity (Wildman–Crippen MR) is 213 cm³/mol. The third-order valence-corrected chi connectivity index (χ3v) is 7.14. The van der Waals surface area contributed by atoms with Gasteiger partial charge < -0.3 is 28.4 Å². The zero-order valence-electron chi connectivity index (χ0n) is 37.1. The van der Waals surface area contributed by atoms with Crippen molar-refractivity contribution in [1.82, 2.24) is 14.7 Å². The van der Waals surface area contributed by atoms with Gasteiger partial charge in [0.2, 0.25) is 0 Å². The molecule has 1 aromatic rings. The van der Waals surface area contributed by atoms with Crippen LogP contribution in [0, 0.1) is 5.41 Å². The average Bonchev–Trinajstić information content (AvgIpc) is 2.99. The van der Waals surface area contributed by atoms with E-state index in [1.165, 1.54) is 9.80 Å². The maximum absolute atomic E-state index is 14.2. The smallest absolute Gasteiger partial charge is 0.325 e. The van der Waals surface area contributed by atoms with E-state index in [2.05, 4.69) is 0 Å². The molecule has 0 N–H and O–H groups in total. The van der Waals surface area contributed by atoms with Gasteiger partial charge in [0.05, 0.1) is 25.0 Å². The van der Waals surface area contributed by atoms with Crippen LogP contribution in [-0.4, -0.2) is 132 Å². The van der Waals surface area contributed by atoms with Crippen molar-refractivity contribution in [2.45, 2.75) is 139 Å². The van der Waals surface area contributed by atoms with Crippen molar-refractivity contribution in [1.29, 1.82) is 0 Å². The van der Waals surface area contributed by atoms with Crippen LogP contribution in [0.5, 0.6) is 0 Å². The highest BCUT2D eigenvalue weighted by Crippen LogP contribution is 2.18. The molecule has 0 saturated carbocycles. The third kappa shape index (κ3) is 24.3. The molecule has 324 valence electrons. The highest BCUT2D eigenvalue weighted by molar-refractivity contribution is 5.79. The molecule has 0 aliphatic rings. The van der Waals surface area contributed by atoms with E-state index in [0.717, 1.165) is 0 Å². The lowest BCUT2D eigenvalue weighted by Gasteiger charge is -2.35. The van der Waals surface area contributed by atoms with E-state index < -0.39 is 83.0 Å². The van der Waals surface area contributed by atoms with Crippen molar-refractivity contribution in [3.63, 3.8) is 0 Å². The van der Waals surface area contributed by atoms with Crippen molar-refractivity contribution in [3.8, 4) is 0 Å². The second kappa shape index (κ2) is 21.6. The highest BCUT2D eigenvalue weighted by atomic mass is 16.6. The number of benzene rings is 1. The standard InChI is InChI=1S/C42H69N3O12/c1-38(2,3)37(51)53-29-45(27-35(49)57-42(13,14)15)31(36(50)52-28-30-19-17-16-18-20-30)23-43(24-32(46)54-39(4,5)6)21-22-44(25-33(47)55-40(7,8)9)26-34(48)56-41(10,11)12/h16-20,31H,21-29H2,1-15H3. The number of carbonyl (C=O) groups excluding carboxylic acids is 6. The molecule has 57 heavy (non-hydrogen) atoms. The van der Waals surface area contributed by atoms with Crippen LogP contribution in [0.4, 0.5) is 0 Å². The quantitative estimate of drug-likeness (QED) is 0.105. The molecule has 0 aliphatic carbocycles. The summed E-state index contributed by atoms with van der Waals surface area (Å²) in [6.45, 7) is 23.4. The van der Waals surface area contributed by atoms with Gasteiger partial charge in [0.25, 0.3) is 0 Å². The zero-order chi connectivity index (χ0) is 44.0. The minimum atomic E-state index is -1.30. The van der Waals surface area contributed by atoms with Crippen LogP contribution in [0.25, 0.3) is 0 Å². The van der Waals surface area contributed by atoms with Gasteiger partial charge in [-0.25, -0.2) is 4.90 Å². The second-order valence-electron chi connectivity index (χ2n) is 19.0. The zero-order valence-corrected chi connectivity index (χ0v) is 37.1. The lowest BCUT2D eigenvalue weighted by Crippen LogP contribution is -2.54. The molecule has 15 heteroatoms. The first-order chi connectivity index (χ1) is 25.8. The summed E-state index contributed by atoms with van der Waals surface area (Å²) >= 11 is 0. The molecule has 1 rings (SSSR count). The van der Waals surface area contributed by atoms with Crippen molar-refractivity contribution in [2.24, 2.45) is 5.41 Å². The van der Waals surface area contributed by atoms with E-state index in [1.54, 1.807) is 133 Å². The Labute approximate surface area is 339 Å². The van der Waals surface area contributed by atoms with E-state index >= 15 is 0 Å². The normalized spacial score (nSPS) is 13.2. The largest absolute Gasteiger partial charge is 0.460 e. The predicted octanol–water partition coefficient (Wildman–Crippen LogP) is 4.92. The number of hydrogen-bond acceptors (Lipinski definition) is 15. The van der Waals surface area contributed by atoms with Gasteiger partial charge in [-0.05, 0) is 109 Å². The van der Waals surface area contributed by atoms with E-state index in [0.29, 0.717) is 5.56 Å². The van der Waals surface area contributed by atoms with Crippen molar-refractivity contribution in [2.75, 3.05) is 52.5 Å². The van der Waals surface area contributed by atoms with Crippen LogP contribution in [0.2, 0.25) is 0 Å². The summed E-state index contributed by atoms with van der Waals surface area (Å²) in [7, 11) is 0. The van der Waals surface area contributed by atoms with E-state index in [9.17, 15) is 28.8 Å². The van der Waals surface area contributed by atoms with Crippen molar-refractivity contribution in [3.05, 3.63) is 35.9 Å². The van der Waals surface area contributed by atoms with Gasteiger partial charge in [-0.1, -0.05) is 30.3 Å². The first-order valence-corrected chi connectivity index (χ1v) is 19.3. The van der Waals surface area contributed by atoms with E-state index in [-0.39, 0.29) is 45.9 Å². The number of ether oxygens (including phenoxy) is 6. The van der Waals surface area contributed by atoms with Gasteiger partial charge >= 0.3 is 35.8 Å². The number of carbonyl (C=O) groups is 6. The number of esters is 6. The molecule has 0 aliphatic heterocycles. The van der Waals surface area contributed by atoms with Gasteiger partial charge in [0.1, 0.15) is 48.3 Å². The topological polar surface area (TPSA) is 168 Å². The SMILES string of the molecule is CC(C)(C)OC(=O)CN(CCN(CC(=O)OC(C)(C)C)CC(C(=O)OCc1ccccc1)N(COC(=O)C(C)(C)C)CC(=O)OC(C)(C)C)CC(=O)OC(C)(C)C. The van der Waals surface area contributed by atoms with Gasteiger partial charge in [-0.2, -0.15) is 0 Å². The second-order valence-corrected chi connectivity index (χ2v) is 19.0. The van der Waals surface area contributed by atoms with Gasteiger partial charge in [-0.15, -0.1) is 0 Å². The molecule has 1 aromatic carbocycles. The maximum atomic E-state index is 14.2. The molecule has 0 fully saturated rings. The first-order valence-electron chi connectivity index (χ1n) is 19.3. The maximum Gasteiger partial charge on any atom is 0.325 e. The van der Waals surface area contributed by atoms with Crippen LogP contribution >= 0.6 is 0 Å². The summed E-state index contributed by atoms with van der Waals surface area (Å²) in [6, 6.07) is 7.68. The van der Waals surface area contributed by atoms with Crippen LogP contribution < -0.4 is 0 Å². The minimum Gasteiger partial charge on any atom is -0.460 e. The van der Waals surface area contributed by atoms with Gasteiger partial charge in [0, 0.05) is 19.6 Å². The number of rotatable bonds is 19. The monoisotopic (exact) mass is 807 g/mol. The van der Waals surface area contributed by atoms with Gasteiger partial charge in [-0.3, -0.25) is 38.6 Å². The van der Waals surface area contributed by atoms with Crippen LogP contribution in [-0.2, 0) is 63.8 Å². The fourth-order valence-electron chi connectivity index (χ4n) is 4.95. The molecule has 0 bridgehead atoms. The number of hydrogen-bond donors (Lipinski definition) is 0. The average molecular weight is 808 g/mol. The Balaban J connectivity index is 3.72. The summed E-state index contributed by atoms with van der Waals surface area (Å²) in [5, 5.41) is 0. The molecule has 0 heterocycles. The van der Waals surface area contributed by atoms with Crippen LogP contribution in [0.15, 0.2) is 30.3 Å². The fraction of sp³-hybridized carbons (Fsp3) is 0.714. The summed E-state index contributed by atoms with van der Waals surface area (Å²) < 4.78 is 33.7. The van der Waals surface area contributed by atoms with Gasteiger partial charge in [0.15, 0.2) is 0 Å². The van der Waals surface area contributed by atoms with Crippen molar-refractivity contribution >= 4 is 35.8 Å². The Morgan fingerprint density at radius 2 is 0.912 bits per heavy atom. The third-order valence-electron chi connectivity index (χ3n) is 7.14. The lowest BCUT2D eigenvalue weighted by molar-refractivity contribution is -0.172. The minimum absolute atomic E-state index is 0.00929. The fourth-order valence-corrected chi connectivity index (χ4v) is 4.95. The Bertz CT molecular complexity index is 1450. The first kappa shape index (κ1) is 50.9. The molecular formula is C42H69N3O12.